The van der Waals surface area contributed by atoms with Gasteiger partial charge in [0, 0.05) is 24.6 Å². The predicted molar refractivity (Wildman–Crippen MR) is 89.9 cm³/mol. The minimum absolute atomic E-state index is 0.343. The minimum Gasteiger partial charge on any atom is -0.370 e. The molecule has 0 saturated heterocycles. The van der Waals surface area contributed by atoms with E-state index in [4.69, 9.17) is 4.98 Å². The molecule has 1 saturated carbocycles. The van der Waals surface area contributed by atoms with E-state index in [0.717, 1.165) is 24.0 Å². The molecule has 0 spiro atoms. The maximum absolute atomic E-state index is 4.71. The summed E-state index contributed by atoms with van der Waals surface area (Å²) >= 11 is 0. The fraction of sp³-hybridized carbons (Fsp3) is 0.765. The Bertz CT molecular complexity index is 444. The summed E-state index contributed by atoms with van der Waals surface area (Å²) < 4.78 is 0. The van der Waals surface area contributed by atoms with Crippen molar-refractivity contribution in [3.05, 3.63) is 11.9 Å². The fourth-order valence-corrected chi connectivity index (χ4v) is 2.97. The summed E-state index contributed by atoms with van der Waals surface area (Å²) in [7, 11) is 0. The number of aromatic nitrogens is 2. The van der Waals surface area contributed by atoms with Gasteiger partial charge in [0.25, 0.3) is 0 Å². The molecule has 2 N–H and O–H groups in total. The lowest BCUT2D eigenvalue weighted by molar-refractivity contribution is 0.455. The van der Waals surface area contributed by atoms with Crippen LogP contribution in [0.15, 0.2) is 6.07 Å². The first-order chi connectivity index (χ1) is 10.1. The number of nitrogens with one attached hydrogen (secondary N) is 2. The highest BCUT2D eigenvalue weighted by atomic mass is 15.1. The molecule has 1 aliphatic rings. The highest BCUT2D eigenvalue weighted by Gasteiger charge is 2.20. The van der Waals surface area contributed by atoms with Crippen LogP contribution in [0.5, 0.6) is 0 Å². The second kappa shape index (κ2) is 7.62. The van der Waals surface area contributed by atoms with Gasteiger partial charge in [-0.25, -0.2) is 9.97 Å². The number of nitrogens with zero attached hydrogens (tertiary/aromatic N) is 2. The van der Waals surface area contributed by atoms with Crippen molar-refractivity contribution in [3.63, 3.8) is 0 Å². The lowest BCUT2D eigenvalue weighted by atomic mass is 9.97. The molecule has 0 aliphatic heterocycles. The standard InChI is InChI=1S/C17H30N4/c1-5-18-15-11-16(21-17(20-15)12(2)3)19-14-10-8-6-7-9-13(14)4/h11-14H,5-10H2,1-4H3,(H2,18,19,20,21). The van der Waals surface area contributed by atoms with Gasteiger partial charge in [-0.1, -0.05) is 40.0 Å². The van der Waals surface area contributed by atoms with Gasteiger partial charge in [0.05, 0.1) is 0 Å². The van der Waals surface area contributed by atoms with Crippen LogP contribution in [0.25, 0.3) is 0 Å². The molecule has 21 heavy (non-hydrogen) atoms. The zero-order valence-corrected chi connectivity index (χ0v) is 13.9. The van der Waals surface area contributed by atoms with Crippen LogP contribution in [-0.4, -0.2) is 22.6 Å². The third kappa shape index (κ3) is 4.58. The van der Waals surface area contributed by atoms with Gasteiger partial charge in [0.1, 0.15) is 17.5 Å². The molecule has 1 fully saturated rings. The summed E-state index contributed by atoms with van der Waals surface area (Å²) in [4.78, 5) is 9.30. The third-order valence-corrected chi connectivity index (χ3v) is 4.31. The first-order valence-corrected chi connectivity index (χ1v) is 8.49. The van der Waals surface area contributed by atoms with E-state index >= 15 is 0 Å². The Morgan fingerprint density at radius 2 is 1.86 bits per heavy atom. The molecular formula is C17H30N4. The van der Waals surface area contributed by atoms with Crippen molar-refractivity contribution in [2.75, 3.05) is 17.2 Å². The van der Waals surface area contributed by atoms with Gasteiger partial charge in [-0.2, -0.15) is 0 Å². The Morgan fingerprint density at radius 3 is 2.57 bits per heavy atom. The SMILES string of the molecule is CCNc1cc(NC2CCCCCC2C)nc(C(C)C)n1. The molecule has 118 valence electrons. The van der Waals surface area contributed by atoms with Crippen molar-refractivity contribution in [3.8, 4) is 0 Å². The Kier molecular flexibility index (Phi) is 5.83. The van der Waals surface area contributed by atoms with E-state index in [9.17, 15) is 0 Å². The van der Waals surface area contributed by atoms with E-state index in [1.165, 1.54) is 32.1 Å². The van der Waals surface area contributed by atoms with Gasteiger partial charge < -0.3 is 10.6 Å². The van der Waals surface area contributed by atoms with Gasteiger partial charge in [0.15, 0.2) is 0 Å². The molecule has 4 heteroatoms. The molecule has 1 aliphatic carbocycles. The molecule has 0 amide bonds. The van der Waals surface area contributed by atoms with Crippen molar-refractivity contribution >= 4 is 11.6 Å². The Balaban J connectivity index is 2.17. The molecule has 2 unspecified atom stereocenters. The van der Waals surface area contributed by atoms with Crippen LogP contribution in [0.1, 0.15) is 71.5 Å². The van der Waals surface area contributed by atoms with Gasteiger partial charge in [-0.3, -0.25) is 0 Å². The summed E-state index contributed by atoms with van der Waals surface area (Å²) in [5.74, 6) is 3.88. The largest absolute Gasteiger partial charge is 0.370 e. The molecule has 4 nitrogen and oxygen atoms in total. The van der Waals surface area contributed by atoms with Gasteiger partial charge in [-0.15, -0.1) is 0 Å². The molecule has 1 aromatic rings. The summed E-state index contributed by atoms with van der Waals surface area (Å²) in [6.45, 7) is 9.62. The van der Waals surface area contributed by atoms with Crippen LogP contribution in [-0.2, 0) is 0 Å². The average molecular weight is 290 g/mol. The van der Waals surface area contributed by atoms with Crippen LogP contribution in [0.2, 0.25) is 0 Å². The van der Waals surface area contributed by atoms with Crippen molar-refractivity contribution in [2.24, 2.45) is 5.92 Å². The van der Waals surface area contributed by atoms with Crippen molar-refractivity contribution in [1.82, 2.24) is 9.97 Å². The topological polar surface area (TPSA) is 49.8 Å². The molecule has 0 aromatic carbocycles. The Labute approximate surface area is 129 Å². The predicted octanol–water partition coefficient (Wildman–Crippen LogP) is 4.41. The first-order valence-electron chi connectivity index (χ1n) is 8.49. The van der Waals surface area contributed by atoms with E-state index < -0.39 is 0 Å². The number of hydrogen-bond acceptors (Lipinski definition) is 4. The van der Waals surface area contributed by atoms with Crippen LogP contribution < -0.4 is 10.6 Å². The maximum Gasteiger partial charge on any atom is 0.135 e. The minimum atomic E-state index is 0.343. The van der Waals surface area contributed by atoms with Crippen molar-refractivity contribution in [2.45, 2.75) is 71.8 Å². The second-order valence-electron chi connectivity index (χ2n) is 6.55. The van der Waals surface area contributed by atoms with Gasteiger partial charge in [-0.05, 0) is 25.7 Å². The molecule has 0 radical (unpaired) electrons. The van der Waals surface area contributed by atoms with E-state index in [0.29, 0.717) is 17.9 Å². The van der Waals surface area contributed by atoms with Gasteiger partial charge in [0.2, 0.25) is 0 Å². The number of anilines is 2. The summed E-state index contributed by atoms with van der Waals surface area (Å²) in [5, 5.41) is 6.99. The average Bonchev–Trinajstić information content (AvgIpc) is 2.64. The smallest absolute Gasteiger partial charge is 0.135 e. The Morgan fingerprint density at radius 1 is 1.14 bits per heavy atom. The van der Waals surface area contributed by atoms with Crippen LogP contribution in [0.4, 0.5) is 11.6 Å². The lowest BCUT2D eigenvalue weighted by Crippen LogP contribution is -2.27. The van der Waals surface area contributed by atoms with Crippen LogP contribution >= 0.6 is 0 Å². The summed E-state index contributed by atoms with van der Waals surface area (Å²) in [6.07, 6.45) is 6.62. The molecule has 0 bridgehead atoms. The normalized spacial score (nSPS) is 22.9. The second-order valence-corrected chi connectivity index (χ2v) is 6.55. The first kappa shape index (κ1) is 16.1. The highest BCUT2D eigenvalue weighted by Crippen LogP contribution is 2.26. The molecular weight excluding hydrogens is 260 g/mol. The third-order valence-electron chi connectivity index (χ3n) is 4.31. The van der Waals surface area contributed by atoms with Crippen LogP contribution in [0, 0.1) is 5.92 Å². The fourth-order valence-electron chi connectivity index (χ4n) is 2.97. The highest BCUT2D eigenvalue weighted by molar-refractivity contribution is 5.48. The maximum atomic E-state index is 4.71. The van der Waals surface area contributed by atoms with E-state index in [1.807, 2.05) is 6.07 Å². The summed E-state index contributed by atoms with van der Waals surface area (Å²) in [5.41, 5.74) is 0. The van der Waals surface area contributed by atoms with E-state index in [1.54, 1.807) is 0 Å². The van der Waals surface area contributed by atoms with E-state index in [-0.39, 0.29) is 0 Å². The molecule has 1 aromatic heterocycles. The quantitative estimate of drug-likeness (QED) is 0.789. The molecule has 1 heterocycles. The summed E-state index contributed by atoms with van der Waals surface area (Å²) in [6, 6.07) is 2.59. The van der Waals surface area contributed by atoms with Crippen LogP contribution in [0.3, 0.4) is 0 Å². The lowest BCUT2D eigenvalue weighted by Gasteiger charge is -2.24. The number of rotatable bonds is 5. The van der Waals surface area contributed by atoms with E-state index in [2.05, 4.69) is 43.3 Å². The molecule has 2 rings (SSSR count). The van der Waals surface area contributed by atoms with Gasteiger partial charge >= 0.3 is 0 Å². The van der Waals surface area contributed by atoms with Crippen molar-refractivity contribution < 1.29 is 0 Å². The monoisotopic (exact) mass is 290 g/mol. The molecule has 2 atom stereocenters. The zero-order valence-electron chi connectivity index (χ0n) is 13.9. The van der Waals surface area contributed by atoms with Crippen molar-refractivity contribution in [1.29, 1.82) is 0 Å². The number of hydrogen-bond donors (Lipinski definition) is 2. The zero-order chi connectivity index (χ0) is 15.2. The Hall–Kier alpha value is -1.32.